The van der Waals surface area contributed by atoms with Crippen LogP contribution in [0.3, 0.4) is 0 Å². The lowest BCUT2D eigenvalue weighted by Gasteiger charge is -2.37. The van der Waals surface area contributed by atoms with E-state index in [4.69, 9.17) is 5.73 Å². The van der Waals surface area contributed by atoms with E-state index in [1.165, 1.54) is 0 Å². The van der Waals surface area contributed by atoms with Crippen molar-refractivity contribution in [2.45, 2.75) is 31.7 Å². The van der Waals surface area contributed by atoms with Gasteiger partial charge in [0.15, 0.2) is 0 Å². The van der Waals surface area contributed by atoms with Crippen LogP contribution in [0, 0.1) is 0 Å². The topological polar surface area (TPSA) is 69.9 Å². The van der Waals surface area contributed by atoms with Crippen molar-refractivity contribution in [2.75, 3.05) is 46.3 Å². The minimum Gasteiger partial charge on any atom is -0.329 e. The second-order valence-electron chi connectivity index (χ2n) is 5.56. The summed E-state index contributed by atoms with van der Waals surface area (Å²) in [7, 11) is -1.29. The van der Waals surface area contributed by atoms with Crippen LogP contribution >= 0.6 is 0 Å². The molecule has 0 aliphatic carbocycles. The number of nitrogens with two attached hydrogens (primary N) is 1. The number of piperidine rings is 1. The fourth-order valence-corrected chi connectivity index (χ4v) is 4.81. The van der Waals surface area contributed by atoms with E-state index in [2.05, 4.69) is 4.90 Å². The average molecular weight is 290 g/mol. The molecule has 0 spiro atoms. The lowest BCUT2D eigenvalue weighted by Crippen LogP contribution is -2.53. The predicted octanol–water partition coefficient (Wildman–Crippen LogP) is -0.318. The van der Waals surface area contributed by atoms with Gasteiger partial charge in [-0.1, -0.05) is 6.42 Å². The molecule has 7 heteroatoms. The van der Waals surface area contributed by atoms with Gasteiger partial charge < -0.3 is 10.6 Å². The van der Waals surface area contributed by atoms with Gasteiger partial charge in [0.1, 0.15) is 0 Å². The van der Waals surface area contributed by atoms with Gasteiger partial charge in [-0.2, -0.15) is 17.0 Å². The first kappa shape index (κ1) is 15.2. The van der Waals surface area contributed by atoms with Crippen LogP contribution in [-0.4, -0.2) is 74.3 Å². The number of nitrogens with zero attached hydrogens (tertiary/aromatic N) is 3. The van der Waals surface area contributed by atoms with Crippen molar-refractivity contribution in [3.63, 3.8) is 0 Å². The Kier molecular flexibility index (Phi) is 5.19. The van der Waals surface area contributed by atoms with Crippen molar-refractivity contribution in [3.8, 4) is 0 Å². The lowest BCUT2D eigenvalue weighted by atomic mass is 10.1. The molecule has 2 rings (SSSR count). The Labute approximate surface area is 116 Å². The zero-order valence-corrected chi connectivity index (χ0v) is 12.6. The predicted molar refractivity (Wildman–Crippen MR) is 76.0 cm³/mol. The van der Waals surface area contributed by atoms with E-state index in [9.17, 15) is 8.42 Å². The summed E-state index contributed by atoms with van der Waals surface area (Å²) in [5.41, 5.74) is 5.74. The minimum absolute atomic E-state index is 0.0141. The second kappa shape index (κ2) is 6.49. The SMILES string of the molecule is CN1CCCN(S(=O)(=O)N2CCCCC2CN)CC1. The summed E-state index contributed by atoms with van der Waals surface area (Å²) in [6.07, 6.45) is 3.82. The van der Waals surface area contributed by atoms with Gasteiger partial charge in [-0.15, -0.1) is 0 Å². The Balaban J connectivity index is 2.11. The smallest absolute Gasteiger partial charge is 0.282 e. The molecule has 112 valence electrons. The molecule has 2 N–H and O–H groups in total. The third-order valence-electron chi connectivity index (χ3n) is 4.15. The summed E-state index contributed by atoms with van der Waals surface area (Å²) >= 11 is 0. The number of rotatable bonds is 3. The van der Waals surface area contributed by atoms with Gasteiger partial charge in [0.2, 0.25) is 0 Å². The first-order chi connectivity index (χ1) is 9.05. The lowest BCUT2D eigenvalue weighted by molar-refractivity contribution is 0.235. The quantitative estimate of drug-likeness (QED) is 0.773. The van der Waals surface area contributed by atoms with Crippen LogP contribution in [0.25, 0.3) is 0 Å². The van der Waals surface area contributed by atoms with Crippen LogP contribution in [0.4, 0.5) is 0 Å². The second-order valence-corrected chi connectivity index (χ2v) is 7.44. The van der Waals surface area contributed by atoms with Crippen LogP contribution in [0.2, 0.25) is 0 Å². The molecule has 1 unspecified atom stereocenters. The Morgan fingerprint density at radius 1 is 1.05 bits per heavy atom. The monoisotopic (exact) mass is 290 g/mol. The van der Waals surface area contributed by atoms with E-state index in [-0.39, 0.29) is 6.04 Å². The molecule has 0 aromatic heterocycles. The maximum atomic E-state index is 12.7. The van der Waals surface area contributed by atoms with E-state index < -0.39 is 10.2 Å². The summed E-state index contributed by atoms with van der Waals surface area (Å²) in [5, 5.41) is 0. The zero-order valence-electron chi connectivity index (χ0n) is 11.8. The highest BCUT2D eigenvalue weighted by Gasteiger charge is 2.36. The molecule has 0 radical (unpaired) electrons. The Bertz CT molecular complexity index is 387. The van der Waals surface area contributed by atoms with Gasteiger partial charge in [-0.25, -0.2) is 0 Å². The molecule has 2 saturated heterocycles. The molecule has 0 aromatic carbocycles. The Morgan fingerprint density at radius 2 is 1.84 bits per heavy atom. The average Bonchev–Trinajstić information content (AvgIpc) is 2.64. The summed E-state index contributed by atoms with van der Waals surface area (Å²) in [5.74, 6) is 0. The molecule has 19 heavy (non-hydrogen) atoms. The Morgan fingerprint density at radius 3 is 2.58 bits per heavy atom. The molecule has 2 aliphatic rings. The van der Waals surface area contributed by atoms with E-state index in [1.807, 2.05) is 7.05 Å². The van der Waals surface area contributed by atoms with Crippen LogP contribution < -0.4 is 5.73 Å². The van der Waals surface area contributed by atoms with Crippen LogP contribution in [0.1, 0.15) is 25.7 Å². The maximum Gasteiger partial charge on any atom is 0.282 e. The van der Waals surface area contributed by atoms with Crippen molar-refractivity contribution >= 4 is 10.2 Å². The molecule has 2 heterocycles. The number of hydrogen-bond acceptors (Lipinski definition) is 4. The van der Waals surface area contributed by atoms with Crippen molar-refractivity contribution < 1.29 is 8.42 Å². The van der Waals surface area contributed by atoms with Crippen molar-refractivity contribution in [3.05, 3.63) is 0 Å². The molecular weight excluding hydrogens is 264 g/mol. The van der Waals surface area contributed by atoms with Crippen LogP contribution in [0.15, 0.2) is 0 Å². The van der Waals surface area contributed by atoms with Crippen LogP contribution in [-0.2, 0) is 10.2 Å². The first-order valence-electron chi connectivity index (χ1n) is 7.21. The highest BCUT2D eigenvalue weighted by atomic mass is 32.2. The van der Waals surface area contributed by atoms with Gasteiger partial charge in [0, 0.05) is 38.8 Å². The van der Waals surface area contributed by atoms with Crippen LogP contribution in [0.5, 0.6) is 0 Å². The van der Waals surface area contributed by atoms with Gasteiger partial charge in [0.05, 0.1) is 0 Å². The molecule has 1 atom stereocenters. The summed E-state index contributed by atoms with van der Waals surface area (Å²) in [4.78, 5) is 2.19. The first-order valence-corrected chi connectivity index (χ1v) is 8.61. The molecular formula is C12H26N4O2S. The zero-order chi connectivity index (χ0) is 13.9. The van der Waals surface area contributed by atoms with Gasteiger partial charge >= 0.3 is 0 Å². The molecule has 0 aromatic rings. The molecule has 0 amide bonds. The third-order valence-corrected chi connectivity index (χ3v) is 6.24. The molecule has 2 fully saturated rings. The van der Waals surface area contributed by atoms with Crippen molar-refractivity contribution in [1.29, 1.82) is 0 Å². The highest BCUT2D eigenvalue weighted by Crippen LogP contribution is 2.22. The molecule has 2 aliphatic heterocycles. The summed E-state index contributed by atoms with van der Waals surface area (Å²) < 4.78 is 28.8. The fourth-order valence-electron chi connectivity index (χ4n) is 2.92. The van der Waals surface area contributed by atoms with Crippen molar-refractivity contribution in [2.24, 2.45) is 5.73 Å². The minimum atomic E-state index is -3.33. The fraction of sp³-hybridized carbons (Fsp3) is 1.00. The highest BCUT2D eigenvalue weighted by molar-refractivity contribution is 7.86. The summed E-state index contributed by atoms with van der Waals surface area (Å²) in [6, 6.07) is -0.0141. The van der Waals surface area contributed by atoms with E-state index >= 15 is 0 Å². The standard InChI is InChI=1S/C12H26N4O2S/c1-14-6-4-7-15(10-9-14)19(17,18)16-8-3-2-5-12(16)11-13/h12H,2-11,13H2,1H3. The van der Waals surface area contributed by atoms with E-state index in [0.717, 1.165) is 38.8 Å². The normalized spacial score (nSPS) is 29.3. The molecule has 6 nitrogen and oxygen atoms in total. The van der Waals surface area contributed by atoms with E-state index in [1.54, 1.807) is 8.61 Å². The number of likely N-dealkylation sites (N-methyl/N-ethyl adjacent to an activating group) is 1. The largest absolute Gasteiger partial charge is 0.329 e. The number of hydrogen-bond donors (Lipinski definition) is 1. The Hall–Kier alpha value is -0.210. The van der Waals surface area contributed by atoms with Crippen molar-refractivity contribution in [1.82, 2.24) is 13.5 Å². The van der Waals surface area contributed by atoms with Gasteiger partial charge in [0.25, 0.3) is 10.2 Å². The van der Waals surface area contributed by atoms with Gasteiger partial charge in [-0.05, 0) is 32.9 Å². The molecule has 0 saturated carbocycles. The third kappa shape index (κ3) is 3.46. The molecule has 0 bridgehead atoms. The van der Waals surface area contributed by atoms with Gasteiger partial charge in [-0.3, -0.25) is 0 Å². The maximum absolute atomic E-state index is 12.7. The van der Waals surface area contributed by atoms with E-state index in [0.29, 0.717) is 26.2 Å². The summed E-state index contributed by atoms with van der Waals surface area (Å²) in [6.45, 7) is 4.03.